The largest absolute Gasteiger partial charge is 0.369 e. The molecule has 5 aliphatic rings. The number of ketones is 1. The molecule has 4 fully saturated rings. The van der Waals surface area contributed by atoms with Crippen LogP contribution < -0.4 is 15.1 Å². The van der Waals surface area contributed by atoms with Crippen LogP contribution in [0.2, 0.25) is 0 Å². The third-order valence-corrected chi connectivity index (χ3v) is 14.6. The number of carbonyl (C=O) groups excluding carboxylic acids is 4. The molecular formula is C49H51N9O5. The van der Waals surface area contributed by atoms with Gasteiger partial charge in [-0.25, -0.2) is 9.97 Å². The first kappa shape index (κ1) is 39.6. The van der Waals surface area contributed by atoms with Gasteiger partial charge >= 0.3 is 0 Å². The van der Waals surface area contributed by atoms with Gasteiger partial charge in [-0.2, -0.15) is 4.98 Å². The number of benzene rings is 3. The number of piperidine rings is 1. The van der Waals surface area contributed by atoms with Gasteiger partial charge in [0.15, 0.2) is 5.82 Å². The van der Waals surface area contributed by atoms with Gasteiger partial charge in [-0.05, 0) is 104 Å². The summed E-state index contributed by atoms with van der Waals surface area (Å²) in [4.78, 5) is 75.2. The van der Waals surface area contributed by atoms with Crippen molar-refractivity contribution in [2.45, 2.75) is 101 Å². The number of H-pyrrole nitrogens is 1. The summed E-state index contributed by atoms with van der Waals surface area (Å²) in [6.07, 6.45) is 7.80. The summed E-state index contributed by atoms with van der Waals surface area (Å²) < 4.78 is 5.33. The van der Waals surface area contributed by atoms with E-state index in [2.05, 4.69) is 105 Å². The number of Topliss-reactive ketones (excluding diaryl/α,β-unsaturated/α-hetero) is 1. The lowest BCUT2D eigenvalue weighted by atomic mass is 9.90. The van der Waals surface area contributed by atoms with E-state index in [0.29, 0.717) is 25.1 Å². The molecule has 0 radical (unpaired) electrons. The zero-order valence-electron chi connectivity index (χ0n) is 36.0. The molecule has 1 unspecified atom stereocenters. The maximum absolute atomic E-state index is 13.7. The Labute approximate surface area is 364 Å². The molecule has 2 N–H and O–H groups in total. The van der Waals surface area contributed by atoms with Crippen molar-refractivity contribution >= 4 is 56.8 Å². The lowest BCUT2D eigenvalue weighted by Gasteiger charge is -2.36. The van der Waals surface area contributed by atoms with Crippen LogP contribution in [0.25, 0.3) is 33.2 Å². The summed E-state index contributed by atoms with van der Waals surface area (Å²) >= 11 is 0. The summed E-state index contributed by atoms with van der Waals surface area (Å²) in [5.74, 6) is 0.181. The first-order valence-corrected chi connectivity index (χ1v) is 22.5. The average molecular weight is 846 g/mol. The van der Waals surface area contributed by atoms with Gasteiger partial charge in [-0.3, -0.25) is 34.3 Å². The monoisotopic (exact) mass is 845 g/mol. The summed E-state index contributed by atoms with van der Waals surface area (Å²) in [5, 5.41) is 8.58. The highest BCUT2D eigenvalue weighted by Crippen LogP contribution is 2.58. The molecular weight excluding hydrogens is 795 g/mol. The maximum Gasteiger partial charge on any atom is 0.294 e. The molecule has 14 nitrogen and oxygen atoms in total. The van der Waals surface area contributed by atoms with Crippen molar-refractivity contribution in [3.05, 3.63) is 94.9 Å². The van der Waals surface area contributed by atoms with E-state index in [1.807, 2.05) is 6.07 Å². The Morgan fingerprint density at radius 1 is 0.968 bits per heavy atom. The molecule has 3 amide bonds. The Morgan fingerprint density at radius 2 is 1.79 bits per heavy atom. The van der Waals surface area contributed by atoms with Gasteiger partial charge in [0.05, 0.1) is 16.5 Å². The Bertz CT molecular complexity index is 2860. The van der Waals surface area contributed by atoms with Crippen molar-refractivity contribution < 1.29 is 23.7 Å². The predicted octanol–water partition coefficient (Wildman–Crippen LogP) is 6.84. The molecule has 2 saturated carbocycles. The second-order valence-corrected chi connectivity index (χ2v) is 18.9. The molecule has 3 aromatic carbocycles. The predicted molar refractivity (Wildman–Crippen MR) is 238 cm³/mol. The number of fused-ring (bicyclic) bond motifs is 5. The first-order chi connectivity index (χ1) is 30.5. The Morgan fingerprint density at radius 3 is 2.56 bits per heavy atom. The topological polar surface area (TPSA) is 171 Å². The molecule has 2 atom stereocenters. The average Bonchev–Trinajstić information content (AvgIpc) is 4.13. The lowest BCUT2D eigenvalue weighted by molar-refractivity contribution is -0.135. The zero-order chi connectivity index (χ0) is 43.2. The van der Waals surface area contributed by atoms with Crippen LogP contribution >= 0.6 is 0 Å². The smallest absolute Gasteiger partial charge is 0.294 e. The number of nitrogens with zero attached hydrogens (tertiary/aromatic N) is 7. The number of hydrogen-bond acceptors (Lipinski definition) is 11. The minimum Gasteiger partial charge on any atom is -0.369 e. The van der Waals surface area contributed by atoms with E-state index < -0.39 is 11.5 Å². The molecule has 63 heavy (non-hydrogen) atoms. The van der Waals surface area contributed by atoms with Crippen LogP contribution in [-0.2, 0) is 31.6 Å². The van der Waals surface area contributed by atoms with Crippen molar-refractivity contribution in [1.29, 1.82) is 0 Å². The van der Waals surface area contributed by atoms with E-state index in [9.17, 15) is 19.2 Å². The van der Waals surface area contributed by atoms with Crippen molar-refractivity contribution in [2.75, 3.05) is 42.5 Å². The Hall–Kier alpha value is -6.28. The number of aromatic nitrogens is 5. The Balaban J connectivity index is 0.728. The Kier molecular flexibility index (Phi) is 9.37. The molecule has 2 saturated heterocycles. The SMILES string of the molecule is Cc1cc(-c2ncnc3[nH]c4cc(N5CCN(CCc6ccc7c(c6)C6(CC6)C(=O)N7C6CCC(=O)NC6=O)CC5)ccc4c23)ccc1[C@@H](C)CCC(=O)c1nc(C2(C)CC2)no1. The molecule has 3 aliphatic heterocycles. The minimum atomic E-state index is -0.631. The summed E-state index contributed by atoms with van der Waals surface area (Å²) in [6, 6.07) is 18.8. The van der Waals surface area contributed by atoms with E-state index in [-0.39, 0.29) is 47.1 Å². The van der Waals surface area contributed by atoms with E-state index in [1.54, 1.807) is 11.2 Å². The molecule has 6 aromatic rings. The number of aryl methyl sites for hydroxylation is 1. The number of rotatable bonds is 12. The normalized spacial score (nSPS) is 20.7. The van der Waals surface area contributed by atoms with Crippen LogP contribution in [0.15, 0.2) is 65.4 Å². The van der Waals surface area contributed by atoms with Gasteiger partial charge in [-0.1, -0.05) is 49.3 Å². The van der Waals surface area contributed by atoms with Gasteiger partial charge in [-0.15, -0.1) is 0 Å². The molecule has 1 spiro atoms. The fraction of sp³-hybridized carbons (Fsp3) is 0.429. The van der Waals surface area contributed by atoms with Crippen molar-refractivity contribution in [1.82, 2.24) is 35.3 Å². The van der Waals surface area contributed by atoms with E-state index in [1.165, 1.54) is 16.8 Å². The second kappa shape index (κ2) is 14.9. The van der Waals surface area contributed by atoms with Crippen LogP contribution in [0.5, 0.6) is 0 Å². The van der Waals surface area contributed by atoms with Crippen LogP contribution in [-0.4, -0.2) is 92.3 Å². The first-order valence-electron chi connectivity index (χ1n) is 22.5. The number of piperazine rings is 1. The second-order valence-electron chi connectivity index (χ2n) is 18.9. The molecule has 14 heteroatoms. The molecule has 322 valence electrons. The third kappa shape index (κ3) is 6.89. The summed E-state index contributed by atoms with van der Waals surface area (Å²) in [6.45, 7) is 11.0. The number of carbonyl (C=O) groups is 4. The maximum atomic E-state index is 13.7. The fourth-order valence-corrected chi connectivity index (χ4v) is 10.3. The number of aromatic amines is 1. The number of hydrogen-bond donors (Lipinski definition) is 2. The van der Waals surface area contributed by atoms with E-state index >= 15 is 0 Å². The third-order valence-electron chi connectivity index (χ3n) is 14.6. The standard InChI is InChI=1S/C49H51N9O5/c1-28(4-12-39(59)45-54-46(55-63-45)48(3)15-16-48)33-8-6-31(24-29(33)2)42-41-34-9-7-32(26-36(34)52-43(41)51-27-50-42)57-22-20-56(21-23-57)19-14-30-5-10-37-35(25-30)49(17-18-49)47(62)58(37)38-11-13-40(60)53-44(38)61/h5-10,24-28,38H,4,11-23H2,1-3H3,(H,50,51,52)(H,53,60,61)/t28-,38?/m0/s1. The summed E-state index contributed by atoms with van der Waals surface area (Å²) in [5.41, 5.74) is 9.79. The van der Waals surface area contributed by atoms with Crippen molar-refractivity contribution in [3.8, 4) is 11.3 Å². The highest BCUT2D eigenvalue weighted by molar-refractivity contribution is 6.15. The molecule has 0 bridgehead atoms. The van der Waals surface area contributed by atoms with Crippen LogP contribution in [0, 0.1) is 6.92 Å². The fourth-order valence-electron chi connectivity index (χ4n) is 10.3. The number of imide groups is 1. The van der Waals surface area contributed by atoms with Gasteiger partial charge in [0.2, 0.25) is 23.5 Å². The molecule has 2 aliphatic carbocycles. The van der Waals surface area contributed by atoms with Crippen LogP contribution in [0.3, 0.4) is 0 Å². The minimum absolute atomic E-state index is 0.00701. The van der Waals surface area contributed by atoms with Crippen LogP contribution in [0.4, 0.5) is 11.4 Å². The molecule has 11 rings (SSSR count). The molecule has 3 aromatic heterocycles. The van der Waals surface area contributed by atoms with Gasteiger partial charge < -0.3 is 14.4 Å². The number of anilines is 2. The van der Waals surface area contributed by atoms with Gasteiger partial charge in [0, 0.05) is 78.8 Å². The lowest BCUT2D eigenvalue weighted by Crippen LogP contribution is -2.54. The number of nitrogens with one attached hydrogen (secondary N) is 2. The van der Waals surface area contributed by atoms with E-state index in [0.717, 1.165) is 115 Å². The highest BCUT2D eigenvalue weighted by atomic mass is 16.5. The van der Waals surface area contributed by atoms with Gasteiger partial charge in [0.25, 0.3) is 5.89 Å². The van der Waals surface area contributed by atoms with E-state index in [4.69, 9.17) is 9.51 Å². The van der Waals surface area contributed by atoms with Crippen molar-refractivity contribution in [3.63, 3.8) is 0 Å². The summed E-state index contributed by atoms with van der Waals surface area (Å²) in [7, 11) is 0. The van der Waals surface area contributed by atoms with Gasteiger partial charge in [0.1, 0.15) is 18.0 Å². The zero-order valence-corrected chi connectivity index (χ0v) is 36.0. The molecule has 6 heterocycles. The highest BCUT2D eigenvalue weighted by Gasteiger charge is 2.61. The van der Waals surface area contributed by atoms with Crippen molar-refractivity contribution in [2.24, 2.45) is 0 Å². The quantitative estimate of drug-likeness (QED) is 0.0977. The number of amides is 3. The van der Waals surface area contributed by atoms with Crippen LogP contribution in [0.1, 0.15) is 110 Å².